The fourth-order valence-electron chi connectivity index (χ4n) is 1.31. The maximum absolute atomic E-state index is 2.20. The van der Waals surface area contributed by atoms with E-state index in [1.54, 1.807) is 0 Å². The minimum absolute atomic E-state index is 1.11. The van der Waals surface area contributed by atoms with Crippen LogP contribution in [0.5, 0.6) is 0 Å². The van der Waals surface area contributed by atoms with Crippen molar-refractivity contribution in [3.05, 3.63) is 34.9 Å². The highest BCUT2D eigenvalue weighted by Crippen LogP contribution is 2.18. The van der Waals surface area contributed by atoms with Gasteiger partial charge < -0.3 is 0 Å². The van der Waals surface area contributed by atoms with E-state index in [9.17, 15) is 0 Å². The van der Waals surface area contributed by atoms with Crippen molar-refractivity contribution in [3.8, 4) is 0 Å². The SMILES string of the molecule is C/C=C\C(=C(C)C)/C(=C/C)CC. The largest absolute Gasteiger partial charge is 0.0871 e. The molecule has 0 aromatic rings. The van der Waals surface area contributed by atoms with Gasteiger partial charge in [-0.3, -0.25) is 0 Å². The van der Waals surface area contributed by atoms with Crippen molar-refractivity contribution in [2.75, 3.05) is 0 Å². The maximum atomic E-state index is 2.20. The van der Waals surface area contributed by atoms with Gasteiger partial charge in [0.1, 0.15) is 0 Å². The molecule has 0 N–H and O–H groups in total. The van der Waals surface area contributed by atoms with Crippen molar-refractivity contribution in [1.82, 2.24) is 0 Å². The molecule has 0 spiro atoms. The Kier molecular flexibility index (Phi) is 5.44. The van der Waals surface area contributed by atoms with E-state index in [1.165, 1.54) is 16.7 Å². The first-order valence-corrected chi connectivity index (χ1v) is 4.63. The second kappa shape index (κ2) is 5.82. The summed E-state index contributed by atoms with van der Waals surface area (Å²) >= 11 is 0. The second-order valence-electron chi connectivity index (χ2n) is 3.08. The molecule has 0 unspecified atom stereocenters. The fourth-order valence-corrected chi connectivity index (χ4v) is 1.31. The highest BCUT2D eigenvalue weighted by molar-refractivity contribution is 5.41. The van der Waals surface area contributed by atoms with Crippen molar-refractivity contribution in [3.63, 3.8) is 0 Å². The van der Waals surface area contributed by atoms with Gasteiger partial charge in [0.15, 0.2) is 0 Å². The first-order chi connectivity index (χ1) is 5.67. The van der Waals surface area contributed by atoms with Gasteiger partial charge in [0.2, 0.25) is 0 Å². The quantitative estimate of drug-likeness (QED) is 0.547. The van der Waals surface area contributed by atoms with Gasteiger partial charge >= 0.3 is 0 Å². The Morgan fingerprint density at radius 1 is 1.17 bits per heavy atom. The normalized spacial score (nSPS) is 12.2. The summed E-state index contributed by atoms with van der Waals surface area (Å²) in [5, 5.41) is 0. The van der Waals surface area contributed by atoms with Crippen LogP contribution >= 0.6 is 0 Å². The van der Waals surface area contributed by atoms with Crippen LogP contribution in [0.2, 0.25) is 0 Å². The smallest absolute Gasteiger partial charge is 0.0245 e. The molecule has 0 radical (unpaired) electrons. The highest BCUT2D eigenvalue weighted by atomic mass is 14.0. The standard InChI is InChI=1S/C12H20/c1-6-9-12(10(4)5)11(7-2)8-3/h6-7,9H,8H2,1-5H3/b9-6-,11-7+. The van der Waals surface area contributed by atoms with Crippen molar-refractivity contribution >= 4 is 0 Å². The average molecular weight is 164 g/mol. The predicted octanol–water partition coefficient (Wildman–Crippen LogP) is 4.26. The lowest BCUT2D eigenvalue weighted by atomic mass is 9.99. The molecule has 0 aliphatic carbocycles. The molecule has 0 nitrogen and oxygen atoms in total. The highest BCUT2D eigenvalue weighted by Gasteiger charge is 1.99. The monoisotopic (exact) mass is 164 g/mol. The molecule has 12 heavy (non-hydrogen) atoms. The molecule has 0 atom stereocenters. The summed E-state index contributed by atoms with van der Waals surface area (Å²) < 4.78 is 0. The Morgan fingerprint density at radius 2 is 1.75 bits per heavy atom. The van der Waals surface area contributed by atoms with Crippen molar-refractivity contribution < 1.29 is 0 Å². The summed E-state index contributed by atoms with van der Waals surface area (Å²) in [4.78, 5) is 0. The van der Waals surface area contributed by atoms with Crippen LogP contribution in [0.4, 0.5) is 0 Å². The molecular formula is C12H20. The molecule has 0 bridgehead atoms. The summed E-state index contributed by atoms with van der Waals surface area (Å²) in [7, 11) is 0. The van der Waals surface area contributed by atoms with Gasteiger partial charge in [0, 0.05) is 0 Å². The van der Waals surface area contributed by atoms with Gasteiger partial charge in [-0.05, 0) is 45.3 Å². The lowest BCUT2D eigenvalue weighted by molar-refractivity contribution is 1.10. The van der Waals surface area contributed by atoms with E-state index in [-0.39, 0.29) is 0 Å². The van der Waals surface area contributed by atoms with Gasteiger partial charge in [-0.15, -0.1) is 0 Å². The van der Waals surface area contributed by atoms with E-state index in [1.807, 2.05) is 0 Å². The Bertz CT molecular complexity index is 210. The topological polar surface area (TPSA) is 0 Å². The van der Waals surface area contributed by atoms with Gasteiger partial charge in [-0.25, -0.2) is 0 Å². The zero-order valence-corrected chi connectivity index (χ0v) is 8.94. The third-order valence-electron chi connectivity index (χ3n) is 1.95. The van der Waals surface area contributed by atoms with Crippen molar-refractivity contribution in [2.45, 2.75) is 41.0 Å². The third-order valence-corrected chi connectivity index (χ3v) is 1.95. The lowest BCUT2D eigenvalue weighted by Gasteiger charge is -2.07. The molecular weight excluding hydrogens is 144 g/mol. The van der Waals surface area contributed by atoms with Crippen LogP contribution < -0.4 is 0 Å². The summed E-state index contributed by atoms with van der Waals surface area (Å²) in [6, 6.07) is 0. The van der Waals surface area contributed by atoms with Gasteiger partial charge in [0.25, 0.3) is 0 Å². The fraction of sp³-hybridized carbons (Fsp3) is 0.500. The van der Waals surface area contributed by atoms with Gasteiger partial charge in [-0.1, -0.05) is 30.7 Å². The molecule has 0 saturated carbocycles. The van der Waals surface area contributed by atoms with E-state index in [0.29, 0.717) is 0 Å². The molecule has 0 aromatic carbocycles. The molecule has 0 aliphatic rings. The van der Waals surface area contributed by atoms with Crippen LogP contribution in [0, 0.1) is 0 Å². The maximum Gasteiger partial charge on any atom is -0.0245 e. The average Bonchev–Trinajstić information content (AvgIpc) is 2.05. The van der Waals surface area contributed by atoms with Crippen LogP contribution in [0.15, 0.2) is 34.9 Å². The predicted molar refractivity (Wildman–Crippen MR) is 57.2 cm³/mol. The zero-order chi connectivity index (χ0) is 9.56. The summed E-state index contributed by atoms with van der Waals surface area (Å²) in [6.07, 6.45) is 7.60. The van der Waals surface area contributed by atoms with Crippen LogP contribution in [-0.2, 0) is 0 Å². The number of rotatable bonds is 3. The molecule has 0 rings (SSSR count). The molecule has 0 heterocycles. The molecule has 68 valence electrons. The molecule has 0 aliphatic heterocycles. The van der Waals surface area contributed by atoms with E-state index in [0.717, 1.165) is 6.42 Å². The number of hydrogen-bond acceptors (Lipinski definition) is 0. The molecule has 0 aromatic heterocycles. The molecule has 0 saturated heterocycles. The minimum Gasteiger partial charge on any atom is -0.0871 e. The Balaban J connectivity index is 4.88. The van der Waals surface area contributed by atoms with Crippen molar-refractivity contribution in [1.29, 1.82) is 0 Å². The minimum atomic E-state index is 1.11. The molecule has 0 heteroatoms. The Hall–Kier alpha value is -0.780. The second-order valence-corrected chi connectivity index (χ2v) is 3.08. The van der Waals surface area contributed by atoms with E-state index in [2.05, 4.69) is 52.8 Å². The summed E-state index contributed by atoms with van der Waals surface area (Å²) in [6.45, 7) is 10.7. The first-order valence-electron chi connectivity index (χ1n) is 4.63. The van der Waals surface area contributed by atoms with Crippen molar-refractivity contribution in [2.24, 2.45) is 0 Å². The summed E-state index contributed by atoms with van der Waals surface area (Å²) in [5.41, 5.74) is 4.22. The van der Waals surface area contributed by atoms with Crippen LogP contribution in [0.1, 0.15) is 41.0 Å². The van der Waals surface area contributed by atoms with Crippen LogP contribution in [0.3, 0.4) is 0 Å². The summed E-state index contributed by atoms with van der Waals surface area (Å²) in [5.74, 6) is 0. The Morgan fingerprint density at radius 3 is 2.00 bits per heavy atom. The molecule has 0 amide bonds. The van der Waals surface area contributed by atoms with E-state index in [4.69, 9.17) is 0 Å². The van der Waals surface area contributed by atoms with Gasteiger partial charge in [-0.2, -0.15) is 0 Å². The van der Waals surface area contributed by atoms with E-state index < -0.39 is 0 Å². The lowest BCUT2D eigenvalue weighted by Crippen LogP contribution is -1.87. The zero-order valence-electron chi connectivity index (χ0n) is 8.94. The van der Waals surface area contributed by atoms with Gasteiger partial charge in [0.05, 0.1) is 0 Å². The number of hydrogen-bond donors (Lipinski definition) is 0. The first kappa shape index (κ1) is 11.2. The van der Waals surface area contributed by atoms with Crippen LogP contribution in [0.25, 0.3) is 0 Å². The van der Waals surface area contributed by atoms with Crippen LogP contribution in [-0.4, -0.2) is 0 Å². The third kappa shape index (κ3) is 3.08. The Labute approximate surface area is 76.7 Å². The van der Waals surface area contributed by atoms with E-state index >= 15 is 0 Å². The number of allylic oxidation sites excluding steroid dienone is 6. The molecule has 0 fully saturated rings.